The molecule has 6 nitrogen and oxygen atoms in total. The van der Waals surface area contributed by atoms with Gasteiger partial charge >= 0.3 is 6.18 Å². The Labute approximate surface area is 112 Å². The minimum atomic E-state index is -4.54. The maximum Gasteiger partial charge on any atom is 0.405 e. The molecule has 2 rings (SSSR count). The van der Waals surface area contributed by atoms with E-state index >= 15 is 0 Å². The lowest BCUT2D eigenvalue weighted by atomic mass is 10.1. The highest BCUT2D eigenvalue weighted by molar-refractivity contribution is 7.90. The standard InChI is InChI=1S/C10H10F3N3O3S/c11-10(12,13)6-14-9(17)7-2-1-3-16-4-5-20(18,19)15-8(7)16/h1-3H,4-6H2,(H,14,17). The van der Waals surface area contributed by atoms with Gasteiger partial charge in [0.05, 0.1) is 11.3 Å². The summed E-state index contributed by atoms with van der Waals surface area (Å²) >= 11 is 0. The molecule has 0 aromatic carbocycles. The van der Waals surface area contributed by atoms with Gasteiger partial charge in [-0.2, -0.15) is 13.2 Å². The Kier molecular flexibility index (Phi) is 3.59. The molecule has 1 N–H and O–H groups in total. The van der Waals surface area contributed by atoms with Gasteiger partial charge in [-0.15, -0.1) is 4.40 Å². The summed E-state index contributed by atoms with van der Waals surface area (Å²) in [6.07, 6.45) is -0.365. The lowest BCUT2D eigenvalue weighted by Gasteiger charge is -2.28. The molecule has 0 unspecified atom stereocenters. The number of amidine groups is 1. The van der Waals surface area contributed by atoms with Crippen molar-refractivity contribution < 1.29 is 26.4 Å². The van der Waals surface area contributed by atoms with E-state index in [2.05, 4.69) is 4.40 Å². The Balaban J connectivity index is 2.22. The van der Waals surface area contributed by atoms with Gasteiger partial charge in [0.2, 0.25) is 0 Å². The predicted octanol–water partition coefficient (Wildman–Crippen LogP) is 0.162. The van der Waals surface area contributed by atoms with Crippen LogP contribution in [-0.2, 0) is 14.8 Å². The molecule has 0 fully saturated rings. The minimum absolute atomic E-state index is 0.0988. The topological polar surface area (TPSA) is 78.8 Å². The van der Waals surface area contributed by atoms with Crippen molar-refractivity contribution in [2.75, 3.05) is 18.8 Å². The summed E-state index contributed by atoms with van der Waals surface area (Å²) in [5.41, 5.74) is -0.208. The lowest BCUT2D eigenvalue weighted by Crippen LogP contribution is -2.43. The smallest absolute Gasteiger partial charge is 0.343 e. The number of hydrogen-bond acceptors (Lipinski definition) is 4. The van der Waals surface area contributed by atoms with Gasteiger partial charge in [0.15, 0.2) is 5.84 Å². The fraction of sp³-hybridized carbons (Fsp3) is 0.400. The molecule has 0 aromatic heterocycles. The Hall–Kier alpha value is -1.84. The van der Waals surface area contributed by atoms with Gasteiger partial charge in [-0.3, -0.25) is 4.79 Å². The first-order valence-corrected chi connectivity index (χ1v) is 7.12. The second-order valence-electron chi connectivity index (χ2n) is 4.11. The van der Waals surface area contributed by atoms with Crippen molar-refractivity contribution in [1.82, 2.24) is 10.2 Å². The molecule has 10 heteroatoms. The summed E-state index contributed by atoms with van der Waals surface area (Å²) in [6, 6.07) is 0. The first kappa shape index (κ1) is 14.6. The Bertz CT molecular complexity index is 619. The number of hydrogen-bond donors (Lipinski definition) is 1. The van der Waals surface area contributed by atoms with Gasteiger partial charge in [0, 0.05) is 12.7 Å². The van der Waals surface area contributed by atoms with E-state index in [4.69, 9.17) is 0 Å². The van der Waals surface area contributed by atoms with E-state index in [1.54, 1.807) is 5.32 Å². The van der Waals surface area contributed by atoms with Crippen LogP contribution < -0.4 is 5.32 Å². The molecule has 1 amide bonds. The number of nitrogens with one attached hydrogen (secondary N) is 1. The number of sulfonamides is 1. The van der Waals surface area contributed by atoms with Gasteiger partial charge in [0.1, 0.15) is 6.54 Å². The Morgan fingerprint density at radius 2 is 2.15 bits per heavy atom. The third-order valence-electron chi connectivity index (χ3n) is 2.55. The van der Waals surface area contributed by atoms with Crippen LogP contribution in [0.1, 0.15) is 0 Å². The number of nitrogens with zero attached hydrogens (tertiary/aromatic N) is 2. The van der Waals surface area contributed by atoms with E-state index in [1.165, 1.54) is 23.3 Å². The molecule has 0 radical (unpaired) electrons. The average Bonchev–Trinajstić information content (AvgIpc) is 2.33. The van der Waals surface area contributed by atoms with Crippen molar-refractivity contribution in [1.29, 1.82) is 0 Å². The van der Waals surface area contributed by atoms with Crippen molar-refractivity contribution in [2.45, 2.75) is 6.18 Å². The fourth-order valence-electron chi connectivity index (χ4n) is 1.67. The molecule has 20 heavy (non-hydrogen) atoms. The van der Waals surface area contributed by atoms with Crippen molar-refractivity contribution in [3.8, 4) is 0 Å². The molecule has 0 atom stereocenters. The van der Waals surface area contributed by atoms with Crippen molar-refractivity contribution in [3.63, 3.8) is 0 Å². The number of alkyl halides is 3. The SMILES string of the molecule is O=C(NCC(F)(F)F)C1=CC=CN2CCS(=O)(=O)N=C12. The van der Waals surface area contributed by atoms with Crippen LogP contribution in [0.4, 0.5) is 13.2 Å². The molecule has 0 aromatic rings. The zero-order chi connectivity index (χ0) is 15.0. The van der Waals surface area contributed by atoms with Crippen LogP contribution in [0.3, 0.4) is 0 Å². The number of carbonyl (C=O) groups is 1. The fourth-order valence-corrected chi connectivity index (χ4v) is 2.65. The molecule has 2 aliphatic rings. The second kappa shape index (κ2) is 4.93. The van der Waals surface area contributed by atoms with Crippen LogP contribution in [0.5, 0.6) is 0 Å². The average molecular weight is 309 g/mol. The molecular weight excluding hydrogens is 299 g/mol. The number of halogens is 3. The predicted molar refractivity (Wildman–Crippen MR) is 64.2 cm³/mol. The molecule has 0 bridgehead atoms. The van der Waals surface area contributed by atoms with E-state index < -0.39 is 28.7 Å². The molecule has 0 saturated heterocycles. The highest BCUT2D eigenvalue weighted by atomic mass is 32.2. The van der Waals surface area contributed by atoms with E-state index in [1.807, 2.05) is 0 Å². The summed E-state index contributed by atoms with van der Waals surface area (Å²) in [7, 11) is -3.69. The van der Waals surface area contributed by atoms with Gasteiger partial charge in [-0.05, 0) is 12.2 Å². The van der Waals surface area contributed by atoms with Gasteiger partial charge in [0.25, 0.3) is 15.9 Å². The minimum Gasteiger partial charge on any atom is -0.343 e. The van der Waals surface area contributed by atoms with Crippen molar-refractivity contribution >= 4 is 21.8 Å². The molecule has 0 aliphatic carbocycles. The number of fused-ring (bicyclic) bond motifs is 1. The highest BCUT2D eigenvalue weighted by Crippen LogP contribution is 2.18. The molecular formula is C10H10F3N3O3S. The normalized spacial score (nSPS) is 20.9. The first-order valence-electron chi connectivity index (χ1n) is 5.51. The highest BCUT2D eigenvalue weighted by Gasteiger charge is 2.32. The van der Waals surface area contributed by atoms with Crippen LogP contribution in [-0.4, -0.2) is 50.1 Å². The third kappa shape index (κ3) is 3.38. The summed E-state index contributed by atoms with van der Waals surface area (Å²) in [5, 5.41) is 1.68. The number of rotatable bonds is 2. The Morgan fingerprint density at radius 3 is 2.80 bits per heavy atom. The van der Waals surface area contributed by atoms with Crippen LogP contribution in [0, 0.1) is 0 Å². The van der Waals surface area contributed by atoms with Crippen LogP contribution in [0.25, 0.3) is 0 Å². The number of carbonyl (C=O) groups excluding carboxylic acids is 1. The lowest BCUT2D eigenvalue weighted by molar-refractivity contribution is -0.136. The van der Waals surface area contributed by atoms with Crippen molar-refractivity contribution in [3.05, 3.63) is 23.9 Å². The maximum atomic E-state index is 12.1. The molecule has 0 saturated carbocycles. The summed E-state index contributed by atoms with van der Waals surface area (Å²) < 4.78 is 62.4. The van der Waals surface area contributed by atoms with Crippen LogP contribution in [0.2, 0.25) is 0 Å². The maximum absolute atomic E-state index is 12.1. The third-order valence-corrected chi connectivity index (χ3v) is 3.70. The number of allylic oxidation sites excluding steroid dienone is 2. The van der Waals surface area contributed by atoms with E-state index in [9.17, 15) is 26.4 Å². The molecule has 110 valence electrons. The summed E-state index contributed by atoms with van der Waals surface area (Å²) in [5.74, 6) is -1.39. The molecule has 2 aliphatic heterocycles. The molecule has 2 heterocycles. The Morgan fingerprint density at radius 1 is 1.45 bits per heavy atom. The van der Waals surface area contributed by atoms with E-state index in [-0.39, 0.29) is 23.7 Å². The van der Waals surface area contributed by atoms with Gasteiger partial charge in [-0.1, -0.05) is 0 Å². The zero-order valence-corrected chi connectivity index (χ0v) is 10.8. The zero-order valence-electron chi connectivity index (χ0n) is 10.0. The van der Waals surface area contributed by atoms with Crippen LogP contribution in [0.15, 0.2) is 28.3 Å². The summed E-state index contributed by atoms with van der Waals surface area (Å²) in [4.78, 5) is 13.1. The largest absolute Gasteiger partial charge is 0.405 e. The molecule has 0 spiro atoms. The number of amides is 1. The van der Waals surface area contributed by atoms with E-state index in [0.29, 0.717) is 0 Å². The summed E-state index contributed by atoms with van der Waals surface area (Å²) in [6.45, 7) is -1.39. The quantitative estimate of drug-likeness (QED) is 0.788. The first-order chi connectivity index (χ1) is 9.18. The monoisotopic (exact) mass is 309 g/mol. The van der Waals surface area contributed by atoms with Crippen LogP contribution >= 0.6 is 0 Å². The van der Waals surface area contributed by atoms with Crippen molar-refractivity contribution in [2.24, 2.45) is 4.40 Å². The van der Waals surface area contributed by atoms with E-state index in [0.717, 1.165) is 0 Å². The van der Waals surface area contributed by atoms with Gasteiger partial charge < -0.3 is 10.2 Å². The van der Waals surface area contributed by atoms with Gasteiger partial charge in [-0.25, -0.2) is 8.42 Å². The second-order valence-corrected chi connectivity index (χ2v) is 5.87.